The minimum Gasteiger partial charge on any atom is -0.116 e. The minimum absolute atomic E-state index is 1.00. The summed E-state index contributed by atoms with van der Waals surface area (Å²) in [6.45, 7) is 7.13. The summed E-state index contributed by atoms with van der Waals surface area (Å²) in [5.74, 6) is 1.00. The predicted octanol–water partition coefficient (Wildman–Crippen LogP) is 2.48. The van der Waals surface area contributed by atoms with Gasteiger partial charge in [-0.2, -0.15) is 0 Å². The average molecular weight is 130 g/mol. The van der Waals surface area contributed by atoms with Gasteiger partial charge in [-0.1, -0.05) is 20.8 Å². The van der Waals surface area contributed by atoms with E-state index in [-0.39, 0.29) is 0 Å². The van der Waals surface area contributed by atoms with Crippen molar-refractivity contribution in [1.82, 2.24) is 0 Å². The van der Waals surface area contributed by atoms with E-state index in [1.807, 2.05) is 0 Å². The van der Waals surface area contributed by atoms with Crippen LogP contribution in [0.4, 0.5) is 0 Å². The first-order valence-corrected chi connectivity index (χ1v) is 4.61. The SMILES string of the molecule is C[C@@H]1P[C@@H](C)C[C@@H]1C. The molecule has 1 heterocycles. The topological polar surface area (TPSA) is 0 Å². The van der Waals surface area contributed by atoms with E-state index in [2.05, 4.69) is 20.8 Å². The summed E-state index contributed by atoms with van der Waals surface area (Å²) in [6, 6.07) is 0. The van der Waals surface area contributed by atoms with Crippen LogP contribution in [0, 0.1) is 5.92 Å². The maximum absolute atomic E-state index is 2.38. The Balaban J connectivity index is 2.39. The second-order valence-corrected chi connectivity index (χ2v) is 5.30. The van der Waals surface area contributed by atoms with Gasteiger partial charge in [0.15, 0.2) is 0 Å². The van der Waals surface area contributed by atoms with E-state index in [1.165, 1.54) is 15.0 Å². The highest BCUT2D eigenvalue weighted by molar-refractivity contribution is 7.40. The van der Waals surface area contributed by atoms with Gasteiger partial charge in [-0.25, -0.2) is 0 Å². The molecule has 0 N–H and O–H groups in total. The Hall–Kier alpha value is 0.430. The van der Waals surface area contributed by atoms with Crippen molar-refractivity contribution in [3.05, 3.63) is 0 Å². The third-order valence-corrected chi connectivity index (χ3v) is 4.03. The van der Waals surface area contributed by atoms with E-state index in [4.69, 9.17) is 0 Å². The first kappa shape index (κ1) is 6.55. The molecule has 0 nitrogen and oxygen atoms in total. The minimum atomic E-state index is 1.00. The molecule has 8 heavy (non-hydrogen) atoms. The maximum atomic E-state index is 2.38. The van der Waals surface area contributed by atoms with Crippen LogP contribution in [0.3, 0.4) is 0 Å². The molecule has 0 radical (unpaired) electrons. The van der Waals surface area contributed by atoms with Gasteiger partial charge in [-0.3, -0.25) is 0 Å². The molecule has 1 heteroatoms. The largest absolute Gasteiger partial charge is 0.116 e. The first-order valence-electron chi connectivity index (χ1n) is 3.46. The van der Waals surface area contributed by atoms with Gasteiger partial charge >= 0.3 is 0 Å². The Morgan fingerprint density at radius 1 is 1.25 bits per heavy atom. The Kier molecular flexibility index (Phi) is 1.92. The van der Waals surface area contributed by atoms with Crippen LogP contribution in [0.25, 0.3) is 0 Å². The fourth-order valence-electron chi connectivity index (χ4n) is 1.44. The second-order valence-electron chi connectivity index (χ2n) is 3.07. The highest BCUT2D eigenvalue weighted by atomic mass is 31.1. The van der Waals surface area contributed by atoms with Crippen LogP contribution in [-0.2, 0) is 0 Å². The van der Waals surface area contributed by atoms with Gasteiger partial charge in [-0.05, 0) is 23.7 Å². The van der Waals surface area contributed by atoms with Crippen molar-refractivity contribution >= 4 is 8.58 Å². The zero-order valence-electron chi connectivity index (χ0n) is 5.94. The molecule has 0 spiro atoms. The molecule has 1 saturated heterocycles. The predicted molar refractivity (Wildman–Crippen MR) is 41.0 cm³/mol. The van der Waals surface area contributed by atoms with Crippen LogP contribution in [0.2, 0.25) is 0 Å². The molecule has 0 aromatic carbocycles. The molecule has 0 bridgehead atoms. The number of rotatable bonds is 0. The lowest BCUT2D eigenvalue weighted by molar-refractivity contribution is 0.562. The average Bonchev–Trinajstić information content (AvgIpc) is 1.85. The number of hydrogen-bond acceptors (Lipinski definition) is 0. The molecule has 0 amide bonds. The summed E-state index contributed by atoms with van der Waals surface area (Å²) in [4.78, 5) is 0. The summed E-state index contributed by atoms with van der Waals surface area (Å²) in [6.07, 6.45) is 1.47. The van der Waals surface area contributed by atoms with Gasteiger partial charge in [0.05, 0.1) is 0 Å². The van der Waals surface area contributed by atoms with Gasteiger partial charge in [0, 0.05) is 0 Å². The zero-order chi connectivity index (χ0) is 6.15. The fourth-order valence-corrected chi connectivity index (χ4v) is 3.31. The monoisotopic (exact) mass is 130 g/mol. The van der Waals surface area contributed by atoms with Gasteiger partial charge in [0.25, 0.3) is 0 Å². The summed E-state index contributed by atoms with van der Waals surface area (Å²) in [5, 5.41) is 0. The van der Waals surface area contributed by atoms with Crippen molar-refractivity contribution in [2.24, 2.45) is 5.92 Å². The molecule has 1 aliphatic heterocycles. The molecule has 48 valence electrons. The lowest BCUT2D eigenvalue weighted by atomic mass is 10.0. The van der Waals surface area contributed by atoms with Crippen LogP contribution < -0.4 is 0 Å². The Morgan fingerprint density at radius 3 is 2.00 bits per heavy atom. The first-order chi connectivity index (χ1) is 3.70. The zero-order valence-corrected chi connectivity index (χ0v) is 6.94. The third-order valence-electron chi connectivity index (χ3n) is 2.13. The van der Waals surface area contributed by atoms with E-state index < -0.39 is 0 Å². The quantitative estimate of drug-likeness (QED) is 0.442. The molecule has 1 unspecified atom stereocenters. The molecule has 0 aliphatic carbocycles. The fraction of sp³-hybridized carbons (Fsp3) is 1.00. The van der Waals surface area contributed by atoms with Gasteiger partial charge in [-0.15, -0.1) is 8.58 Å². The summed E-state index contributed by atoms with van der Waals surface area (Å²) < 4.78 is 0. The summed E-state index contributed by atoms with van der Waals surface area (Å²) in [5.41, 5.74) is 2.05. The van der Waals surface area contributed by atoms with Gasteiger partial charge in [0.2, 0.25) is 0 Å². The molecule has 0 aromatic rings. The number of hydrogen-bond donors (Lipinski definition) is 0. The van der Waals surface area contributed by atoms with E-state index in [0.29, 0.717) is 0 Å². The molecular formula is C7H15P. The smallest absolute Gasteiger partial charge is 0.0237 e. The molecule has 0 aromatic heterocycles. The highest BCUT2D eigenvalue weighted by Crippen LogP contribution is 2.42. The van der Waals surface area contributed by atoms with Crippen LogP contribution in [0.5, 0.6) is 0 Å². The Morgan fingerprint density at radius 2 is 1.88 bits per heavy atom. The summed E-state index contributed by atoms with van der Waals surface area (Å²) in [7, 11) is 1.24. The van der Waals surface area contributed by atoms with Crippen LogP contribution in [0.1, 0.15) is 27.2 Å². The maximum Gasteiger partial charge on any atom is -0.0237 e. The van der Waals surface area contributed by atoms with Crippen molar-refractivity contribution in [2.75, 3.05) is 0 Å². The van der Waals surface area contributed by atoms with E-state index in [9.17, 15) is 0 Å². The molecule has 1 aliphatic rings. The van der Waals surface area contributed by atoms with Crippen molar-refractivity contribution in [2.45, 2.75) is 38.5 Å². The van der Waals surface area contributed by atoms with Crippen molar-refractivity contribution < 1.29 is 0 Å². The standard InChI is InChI=1S/C7H15P/c1-5-4-6(2)8-7(5)3/h5-8H,4H2,1-3H3/t5-,6-,7-/m0/s1. The van der Waals surface area contributed by atoms with Crippen molar-refractivity contribution in [3.63, 3.8) is 0 Å². The lowest BCUT2D eigenvalue weighted by Crippen LogP contribution is -1.99. The Bertz CT molecular complexity index is 70.5. The second kappa shape index (κ2) is 2.35. The van der Waals surface area contributed by atoms with Crippen LogP contribution in [0.15, 0.2) is 0 Å². The van der Waals surface area contributed by atoms with E-state index >= 15 is 0 Å². The van der Waals surface area contributed by atoms with Crippen LogP contribution in [-0.4, -0.2) is 11.3 Å². The van der Waals surface area contributed by atoms with Gasteiger partial charge in [0.1, 0.15) is 0 Å². The highest BCUT2D eigenvalue weighted by Gasteiger charge is 2.24. The van der Waals surface area contributed by atoms with E-state index in [1.54, 1.807) is 0 Å². The normalized spacial score (nSPS) is 50.6. The van der Waals surface area contributed by atoms with Crippen molar-refractivity contribution in [3.8, 4) is 0 Å². The molecule has 1 rings (SSSR count). The van der Waals surface area contributed by atoms with Gasteiger partial charge < -0.3 is 0 Å². The summed E-state index contributed by atoms with van der Waals surface area (Å²) >= 11 is 0. The molecule has 1 fully saturated rings. The van der Waals surface area contributed by atoms with Crippen molar-refractivity contribution in [1.29, 1.82) is 0 Å². The Labute approximate surface area is 53.8 Å². The molecule has 4 atom stereocenters. The van der Waals surface area contributed by atoms with E-state index in [0.717, 1.165) is 17.2 Å². The molecule has 0 saturated carbocycles. The van der Waals surface area contributed by atoms with Crippen LogP contribution >= 0.6 is 8.58 Å². The lowest BCUT2D eigenvalue weighted by Gasteiger charge is -2.04. The third kappa shape index (κ3) is 1.23. The molecular weight excluding hydrogens is 115 g/mol.